The van der Waals surface area contributed by atoms with E-state index in [2.05, 4.69) is 50.8 Å². The molecule has 0 saturated heterocycles. The Morgan fingerprint density at radius 3 is 2.34 bits per heavy atom. The third kappa shape index (κ3) is 11.9. The van der Waals surface area contributed by atoms with Crippen LogP contribution in [0, 0.1) is 17.8 Å². The summed E-state index contributed by atoms with van der Waals surface area (Å²) >= 11 is 0. The molecule has 1 aromatic rings. The molecule has 0 N–H and O–H groups in total. The predicted molar refractivity (Wildman–Crippen MR) is 136 cm³/mol. The molecule has 0 unspecified atom stereocenters. The van der Waals surface area contributed by atoms with Crippen molar-refractivity contribution in [1.29, 1.82) is 0 Å². The normalized spacial score (nSPS) is 21.0. The maximum Gasteiger partial charge on any atom is 0.130 e. The van der Waals surface area contributed by atoms with E-state index in [0.717, 1.165) is 44.0 Å². The van der Waals surface area contributed by atoms with E-state index in [9.17, 15) is 4.79 Å². The molecule has 1 aromatic carbocycles. The van der Waals surface area contributed by atoms with Crippen LogP contribution in [0.2, 0.25) is 0 Å². The van der Waals surface area contributed by atoms with Gasteiger partial charge in [-0.15, -0.1) is 6.58 Å². The zero-order chi connectivity index (χ0) is 23.8. The minimum atomic E-state index is 0.305. The lowest BCUT2D eigenvalue weighted by Crippen LogP contribution is -2.20. The van der Waals surface area contributed by atoms with Crippen LogP contribution in [0.25, 0.3) is 0 Å². The lowest BCUT2D eigenvalue weighted by atomic mass is 9.86. The van der Waals surface area contributed by atoms with E-state index in [1.54, 1.807) is 6.92 Å². The first kappa shape index (κ1) is 28.4. The van der Waals surface area contributed by atoms with E-state index in [4.69, 9.17) is 9.47 Å². The highest BCUT2D eigenvalue weighted by molar-refractivity contribution is 5.75. The Morgan fingerprint density at radius 2 is 1.84 bits per heavy atom. The molecule has 2 fully saturated rings. The summed E-state index contributed by atoms with van der Waals surface area (Å²) in [5.41, 5.74) is 1.22. The summed E-state index contributed by atoms with van der Waals surface area (Å²) in [6.07, 6.45) is 13.2. The van der Waals surface area contributed by atoms with Gasteiger partial charge in [0.05, 0.1) is 19.3 Å². The van der Waals surface area contributed by atoms with Gasteiger partial charge in [0.1, 0.15) is 11.5 Å². The van der Waals surface area contributed by atoms with Gasteiger partial charge in [-0.25, -0.2) is 0 Å². The molecule has 2 saturated carbocycles. The third-order valence-electron chi connectivity index (χ3n) is 6.48. The maximum atomic E-state index is 10.4. The highest BCUT2D eigenvalue weighted by Crippen LogP contribution is 2.29. The predicted octanol–water partition coefficient (Wildman–Crippen LogP) is 8.16. The monoisotopic (exact) mass is 444 g/mol. The fourth-order valence-electron chi connectivity index (χ4n) is 3.94. The summed E-state index contributed by atoms with van der Waals surface area (Å²) in [4.78, 5) is 10.4. The number of Topliss-reactive ketones (excluding diaryl/α,β-unsaturated/α-hetero) is 1. The lowest BCUT2D eigenvalue weighted by molar-refractivity contribution is -0.117. The number of carbonyl (C=O) groups excluding carboxylic acids is 1. The van der Waals surface area contributed by atoms with Crippen molar-refractivity contribution in [1.82, 2.24) is 0 Å². The first-order valence-electron chi connectivity index (χ1n) is 13.0. The molecule has 0 heterocycles. The topological polar surface area (TPSA) is 35.5 Å². The number of hydrogen-bond donors (Lipinski definition) is 0. The Morgan fingerprint density at radius 1 is 1.16 bits per heavy atom. The summed E-state index contributed by atoms with van der Waals surface area (Å²) in [5.74, 6) is 3.35. The Labute approximate surface area is 198 Å². The van der Waals surface area contributed by atoms with Crippen LogP contribution in [-0.2, 0) is 16.1 Å². The average molecular weight is 445 g/mol. The van der Waals surface area contributed by atoms with Crippen molar-refractivity contribution in [3.8, 4) is 5.75 Å². The van der Waals surface area contributed by atoms with Crippen molar-refractivity contribution < 1.29 is 14.3 Å². The Balaban J connectivity index is 0.000000436. The van der Waals surface area contributed by atoms with Crippen LogP contribution >= 0.6 is 0 Å². The van der Waals surface area contributed by atoms with E-state index in [1.807, 2.05) is 13.8 Å². The van der Waals surface area contributed by atoms with Gasteiger partial charge in [0, 0.05) is 6.42 Å². The summed E-state index contributed by atoms with van der Waals surface area (Å²) < 4.78 is 12.0. The summed E-state index contributed by atoms with van der Waals surface area (Å²) in [7, 11) is 0. The van der Waals surface area contributed by atoms with Crippen LogP contribution in [0.5, 0.6) is 5.75 Å². The third-order valence-corrected chi connectivity index (χ3v) is 6.48. The molecule has 0 amide bonds. The van der Waals surface area contributed by atoms with Crippen LogP contribution in [-0.4, -0.2) is 18.5 Å². The molecule has 0 aliphatic heterocycles. The second kappa shape index (κ2) is 16.9. The standard InChI is InChI=1S/C20H28O2.C7H14O.C2H6/c1-2-16-9-11-19(12-10-16)21-15-18-7-4-8-20(13-18)22-14-17-5-3-6-17;1-4-6(2)5-7(3)8;1-2/h2,4,7-8,13,16-17,19H,1,3,5-6,9-12,14-15H2;6H,4-5H2,1-3H3;1-2H3/t;6-;/m.0./s1. The number of hydrogen-bond acceptors (Lipinski definition) is 3. The van der Waals surface area contributed by atoms with Crippen LogP contribution < -0.4 is 4.74 Å². The number of ether oxygens (including phenoxy) is 2. The first-order chi connectivity index (χ1) is 15.5. The van der Waals surface area contributed by atoms with Crippen molar-refractivity contribution in [2.45, 2.75) is 105 Å². The molecule has 3 nitrogen and oxygen atoms in total. The van der Waals surface area contributed by atoms with E-state index in [-0.39, 0.29) is 0 Å². The first-order valence-corrected chi connectivity index (χ1v) is 13.0. The molecular formula is C29H48O3. The fourth-order valence-corrected chi connectivity index (χ4v) is 3.94. The molecule has 2 aliphatic rings. The van der Waals surface area contributed by atoms with Gasteiger partial charge >= 0.3 is 0 Å². The van der Waals surface area contributed by atoms with Crippen LogP contribution in [0.3, 0.4) is 0 Å². The number of benzene rings is 1. The van der Waals surface area contributed by atoms with Gasteiger partial charge in [0.25, 0.3) is 0 Å². The molecule has 182 valence electrons. The van der Waals surface area contributed by atoms with Crippen molar-refractivity contribution in [2.24, 2.45) is 17.8 Å². The van der Waals surface area contributed by atoms with Gasteiger partial charge < -0.3 is 14.3 Å². The average Bonchev–Trinajstić information content (AvgIpc) is 2.78. The number of allylic oxidation sites excluding steroid dienone is 1. The number of ketones is 1. The molecule has 32 heavy (non-hydrogen) atoms. The van der Waals surface area contributed by atoms with Crippen molar-refractivity contribution in [3.05, 3.63) is 42.5 Å². The zero-order valence-electron chi connectivity index (χ0n) is 21.4. The van der Waals surface area contributed by atoms with Gasteiger partial charge in [-0.05, 0) is 80.9 Å². The molecule has 0 radical (unpaired) electrons. The minimum absolute atomic E-state index is 0.305. The van der Waals surface area contributed by atoms with Crippen LogP contribution in [0.4, 0.5) is 0 Å². The second-order valence-electron chi connectivity index (χ2n) is 9.26. The molecule has 1 atom stereocenters. The SMILES string of the molecule is C=CC1CCC(OCc2cccc(OCC3CCC3)c2)CC1.CC.CC[C@H](C)CC(C)=O. The molecule has 0 bridgehead atoms. The van der Waals surface area contributed by atoms with Gasteiger partial charge in [0.2, 0.25) is 0 Å². The Hall–Kier alpha value is -1.61. The lowest BCUT2D eigenvalue weighted by Gasteiger charge is -2.27. The molecule has 0 aromatic heterocycles. The molecule has 3 heteroatoms. The molecule has 3 rings (SSSR count). The second-order valence-corrected chi connectivity index (χ2v) is 9.26. The quantitative estimate of drug-likeness (QED) is 0.341. The van der Waals surface area contributed by atoms with Crippen LogP contribution in [0.1, 0.15) is 98.0 Å². The number of rotatable bonds is 10. The van der Waals surface area contributed by atoms with Crippen LogP contribution in [0.15, 0.2) is 36.9 Å². The van der Waals surface area contributed by atoms with E-state index in [1.165, 1.54) is 37.7 Å². The number of carbonyl (C=O) groups is 1. The Kier molecular flexibility index (Phi) is 15.1. The summed E-state index contributed by atoms with van der Waals surface area (Å²) in [6, 6.07) is 8.39. The van der Waals surface area contributed by atoms with Crippen molar-refractivity contribution in [3.63, 3.8) is 0 Å². The smallest absolute Gasteiger partial charge is 0.130 e. The van der Waals surface area contributed by atoms with Gasteiger partial charge in [-0.2, -0.15) is 0 Å². The molecule has 0 spiro atoms. The highest BCUT2D eigenvalue weighted by atomic mass is 16.5. The summed E-state index contributed by atoms with van der Waals surface area (Å²) in [6.45, 7) is 15.3. The highest BCUT2D eigenvalue weighted by Gasteiger charge is 2.20. The van der Waals surface area contributed by atoms with Gasteiger partial charge in [-0.1, -0.05) is 58.7 Å². The molecular weight excluding hydrogens is 396 g/mol. The van der Waals surface area contributed by atoms with E-state index < -0.39 is 0 Å². The molecule has 2 aliphatic carbocycles. The summed E-state index contributed by atoms with van der Waals surface area (Å²) in [5, 5.41) is 0. The Bertz CT molecular complexity index is 627. The zero-order valence-corrected chi connectivity index (χ0v) is 21.4. The van der Waals surface area contributed by atoms with Crippen molar-refractivity contribution >= 4 is 5.78 Å². The van der Waals surface area contributed by atoms with E-state index in [0.29, 0.717) is 30.3 Å². The van der Waals surface area contributed by atoms with E-state index >= 15 is 0 Å². The minimum Gasteiger partial charge on any atom is -0.493 e. The van der Waals surface area contributed by atoms with Crippen molar-refractivity contribution in [2.75, 3.05) is 6.61 Å². The van der Waals surface area contributed by atoms with Gasteiger partial charge in [-0.3, -0.25) is 0 Å². The largest absolute Gasteiger partial charge is 0.493 e. The van der Waals surface area contributed by atoms with Gasteiger partial charge in [0.15, 0.2) is 0 Å². The maximum absolute atomic E-state index is 10.4. The fraction of sp³-hybridized carbons (Fsp3) is 0.690.